The zero-order valence-electron chi connectivity index (χ0n) is 27.8. The van der Waals surface area contributed by atoms with Crippen molar-refractivity contribution >= 4 is 62.2 Å². The Balaban J connectivity index is 1.35. The standard InChI is InChI=1S/C32H45N8O6PSi/c1-40(21-23-20-35-29-27(36-23)28(33)38-32(34)39-29)24-15-13-22(14-16-24)30(41)37-26(31(42)45-17-19-48(2,3)4)12-8-9-18-47(43,44)46-25-10-6-5-7-11-25/h5-7,10-11,13-16,26H,8-9,12,17-21H2,1-4H3,(H,37,41)(H,43,44)(H5,33,34,35,38,39)/t26-/m0/s1. The van der Waals surface area contributed by atoms with Gasteiger partial charge in [-0.15, -0.1) is 0 Å². The Morgan fingerprint density at radius 2 is 1.79 bits per heavy atom. The normalized spacial score (nSPS) is 14.4. The second kappa shape index (κ2) is 16.1. The predicted octanol–water partition coefficient (Wildman–Crippen LogP) is 4.69. The number of nitrogens with zero attached hydrogens (tertiary/aromatic N) is 4. The number of hydrogen-bond donors (Lipinski definition) is 5. The summed E-state index contributed by atoms with van der Waals surface area (Å²) in [6.45, 7) is 7.77. The maximum Gasteiger partial charge on any atom is 0.376 e. The minimum Gasteiger partial charge on any atom is -0.464 e. The van der Waals surface area contributed by atoms with E-state index in [1.54, 1.807) is 42.5 Å². The van der Waals surface area contributed by atoms with Crippen molar-refractivity contribution < 1.29 is 28.3 Å². The third kappa shape index (κ3) is 11.1. The minimum absolute atomic E-state index is 0.0757. The second-order valence-corrected chi connectivity index (χ2v) is 20.4. The molecule has 48 heavy (non-hydrogen) atoms. The molecule has 1 aliphatic rings. The van der Waals surface area contributed by atoms with Crippen LogP contribution in [0.3, 0.4) is 0 Å². The average Bonchev–Trinajstić information content (AvgIpc) is 3.02. The molecule has 258 valence electrons. The van der Waals surface area contributed by atoms with E-state index in [0.717, 1.165) is 17.4 Å². The van der Waals surface area contributed by atoms with E-state index in [9.17, 15) is 19.0 Å². The number of hydrogen-bond acceptors (Lipinski definition) is 12. The topological polar surface area (TPSA) is 207 Å². The van der Waals surface area contributed by atoms with Crippen LogP contribution in [0, 0.1) is 0 Å². The Kier molecular flexibility index (Phi) is 12.2. The fraction of sp³-hybridized carbons (Fsp3) is 0.406. The molecule has 7 N–H and O–H groups in total. The highest BCUT2D eigenvalue weighted by Crippen LogP contribution is 2.43. The number of amides is 1. The van der Waals surface area contributed by atoms with Gasteiger partial charge in [-0.2, -0.15) is 9.97 Å². The SMILES string of the molecule is CN(CC1=Nc2c(N)nc(N)nc2NC1)c1ccc(C(=O)N[C@@H](CCCCP(=O)(O)Oc2ccccc2)C(=O)OCC[Si](C)(C)C)cc1. The molecule has 2 atom stereocenters. The van der Waals surface area contributed by atoms with Crippen LogP contribution in [0.1, 0.15) is 29.6 Å². The van der Waals surface area contributed by atoms with Gasteiger partial charge < -0.3 is 41.2 Å². The largest absolute Gasteiger partial charge is 0.464 e. The number of carbonyl (C=O) groups is 2. The number of anilines is 4. The quantitative estimate of drug-likeness (QED) is 0.0598. The van der Waals surface area contributed by atoms with Gasteiger partial charge >= 0.3 is 13.6 Å². The summed E-state index contributed by atoms with van der Waals surface area (Å²) in [7, 11) is -3.43. The Bertz CT molecular complexity index is 1650. The van der Waals surface area contributed by atoms with Crippen molar-refractivity contribution in [3.05, 3.63) is 60.2 Å². The highest BCUT2D eigenvalue weighted by Gasteiger charge is 2.26. The molecule has 1 aliphatic heterocycles. The zero-order valence-corrected chi connectivity index (χ0v) is 29.7. The van der Waals surface area contributed by atoms with Gasteiger partial charge in [0, 0.05) is 26.4 Å². The molecule has 1 aromatic heterocycles. The molecule has 2 aromatic carbocycles. The molecule has 4 rings (SSSR count). The van der Waals surface area contributed by atoms with Gasteiger partial charge in [0.25, 0.3) is 5.91 Å². The summed E-state index contributed by atoms with van der Waals surface area (Å²) in [6, 6.07) is 15.3. The smallest absolute Gasteiger partial charge is 0.376 e. The molecule has 14 nitrogen and oxygen atoms in total. The first-order valence-electron chi connectivity index (χ1n) is 15.8. The molecule has 0 saturated heterocycles. The van der Waals surface area contributed by atoms with Crippen molar-refractivity contribution in [1.29, 1.82) is 0 Å². The van der Waals surface area contributed by atoms with Gasteiger partial charge in [-0.3, -0.25) is 4.79 Å². The lowest BCUT2D eigenvalue weighted by Gasteiger charge is -2.24. The number of nitrogens with two attached hydrogens (primary N) is 2. The number of para-hydroxylation sites is 1. The summed E-state index contributed by atoms with van der Waals surface area (Å²) in [4.78, 5) is 51.3. The van der Waals surface area contributed by atoms with E-state index < -0.39 is 33.6 Å². The predicted molar refractivity (Wildman–Crippen MR) is 192 cm³/mol. The van der Waals surface area contributed by atoms with Gasteiger partial charge in [-0.25, -0.2) is 14.4 Å². The van der Waals surface area contributed by atoms with Crippen molar-refractivity contribution in [3.63, 3.8) is 0 Å². The van der Waals surface area contributed by atoms with E-state index >= 15 is 0 Å². The molecule has 1 unspecified atom stereocenters. The Hall–Kier alpha value is -4.46. The van der Waals surface area contributed by atoms with Crippen LogP contribution in [0.15, 0.2) is 59.6 Å². The molecule has 0 saturated carbocycles. The minimum atomic E-state index is -3.88. The lowest BCUT2D eigenvalue weighted by molar-refractivity contribution is -0.145. The fourth-order valence-electron chi connectivity index (χ4n) is 4.83. The lowest BCUT2D eigenvalue weighted by Crippen LogP contribution is -2.42. The first kappa shape index (κ1) is 36.4. The van der Waals surface area contributed by atoms with Gasteiger partial charge in [-0.1, -0.05) is 44.3 Å². The number of rotatable bonds is 16. The maximum absolute atomic E-state index is 13.3. The molecule has 2 heterocycles. The number of ether oxygens (including phenoxy) is 1. The average molecular weight is 697 g/mol. The number of aliphatic imine (C=N–C) groups is 1. The van der Waals surface area contributed by atoms with Crippen molar-refractivity contribution in [2.45, 2.75) is 51.0 Å². The monoisotopic (exact) mass is 696 g/mol. The summed E-state index contributed by atoms with van der Waals surface area (Å²) in [6.07, 6.45) is 0.864. The van der Waals surface area contributed by atoms with Crippen molar-refractivity contribution in [1.82, 2.24) is 15.3 Å². The number of esters is 1. The van der Waals surface area contributed by atoms with Crippen LogP contribution in [0.2, 0.25) is 25.7 Å². The molecule has 0 radical (unpaired) electrons. The molecule has 0 bridgehead atoms. The molecule has 0 fully saturated rings. The van der Waals surface area contributed by atoms with E-state index in [0.29, 0.717) is 48.7 Å². The van der Waals surface area contributed by atoms with Crippen LogP contribution in [0.5, 0.6) is 5.75 Å². The fourth-order valence-corrected chi connectivity index (χ4v) is 6.71. The van der Waals surface area contributed by atoms with Gasteiger partial charge in [0.05, 0.1) is 31.6 Å². The number of nitrogens with one attached hydrogen (secondary N) is 2. The molecule has 16 heteroatoms. The lowest BCUT2D eigenvalue weighted by atomic mass is 10.1. The van der Waals surface area contributed by atoms with Crippen LogP contribution in [-0.4, -0.2) is 79.5 Å². The molecular formula is C32H45N8O6PSi. The van der Waals surface area contributed by atoms with Gasteiger partial charge in [0.1, 0.15) is 17.5 Å². The molecular weight excluding hydrogens is 651 g/mol. The van der Waals surface area contributed by atoms with Gasteiger partial charge in [0.2, 0.25) is 5.95 Å². The number of carbonyl (C=O) groups excluding carboxylic acids is 2. The molecule has 0 spiro atoms. The Labute approximate surface area is 281 Å². The number of unbranched alkanes of at least 4 members (excludes halogenated alkanes) is 1. The third-order valence-electron chi connectivity index (χ3n) is 7.51. The van der Waals surface area contributed by atoms with Crippen LogP contribution >= 0.6 is 7.60 Å². The van der Waals surface area contributed by atoms with Crippen molar-refractivity contribution in [3.8, 4) is 5.75 Å². The Morgan fingerprint density at radius 1 is 1.08 bits per heavy atom. The molecule has 0 aliphatic carbocycles. The van der Waals surface area contributed by atoms with E-state index in [2.05, 4.69) is 45.2 Å². The second-order valence-electron chi connectivity index (χ2n) is 12.9. The van der Waals surface area contributed by atoms with E-state index in [4.69, 9.17) is 20.7 Å². The van der Waals surface area contributed by atoms with Crippen molar-refractivity contribution in [2.75, 3.05) is 54.6 Å². The van der Waals surface area contributed by atoms with Crippen LogP contribution < -0.4 is 31.5 Å². The summed E-state index contributed by atoms with van der Waals surface area (Å²) in [5, 5.41) is 5.98. The number of fused-ring (bicyclic) bond motifs is 1. The van der Waals surface area contributed by atoms with E-state index in [-0.39, 0.29) is 31.0 Å². The summed E-state index contributed by atoms with van der Waals surface area (Å²) < 4.78 is 23.4. The number of benzene rings is 2. The zero-order chi connectivity index (χ0) is 34.9. The highest BCUT2D eigenvalue weighted by atomic mass is 31.2. The van der Waals surface area contributed by atoms with Gasteiger partial charge in [-0.05, 0) is 55.3 Å². The highest BCUT2D eigenvalue weighted by molar-refractivity contribution is 7.53. The first-order chi connectivity index (χ1) is 22.7. The first-order valence-corrected chi connectivity index (χ1v) is 21.2. The molecule has 3 aromatic rings. The summed E-state index contributed by atoms with van der Waals surface area (Å²) in [5.74, 6) is 0.126. The van der Waals surface area contributed by atoms with E-state index in [1.165, 1.54) is 0 Å². The van der Waals surface area contributed by atoms with Crippen LogP contribution in [0.25, 0.3) is 0 Å². The van der Waals surface area contributed by atoms with Crippen LogP contribution in [0.4, 0.5) is 29.0 Å². The van der Waals surface area contributed by atoms with Gasteiger partial charge in [0.15, 0.2) is 11.6 Å². The third-order valence-corrected chi connectivity index (χ3v) is 10.6. The number of aromatic nitrogens is 2. The summed E-state index contributed by atoms with van der Waals surface area (Å²) in [5.41, 5.74) is 14.1. The summed E-state index contributed by atoms with van der Waals surface area (Å²) >= 11 is 0. The van der Waals surface area contributed by atoms with Crippen molar-refractivity contribution in [2.24, 2.45) is 4.99 Å². The maximum atomic E-state index is 13.3. The Morgan fingerprint density at radius 3 is 2.48 bits per heavy atom. The van der Waals surface area contributed by atoms with E-state index in [1.807, 2.05) is 24.1 Å². The molecule has 1 amide bonds. The number of nitrogen functional groups attached to an aromatic ring is 2. The van der Waals surface area contributed by atoms with Crippen LogP contribution in [-0.2, 0) is 14.1 Å².